The molecule has 1 N–H and O–H groups in total. The van der Waals surface area contributed by atoms with Gasteiger partial charge >= 0.3 is 5.97 Å². The van der Waals surface area contributed by atoms with E-state index in [4.69, 9.17) is 4.42 Å². The highest BCUT2D eigenvalue weighted by Gasteiger charge is 2.14. The lowest BCUT2D eigenvalue weighted by atomic mass is 10.1. The molecule has 0 saturated carbocycles. The van der Waals surface area contributed by atoms with E-state index >= 15 is 0 Å². The number of nitrogens with one attached hydrogen (secondary N) is 1. The molecule has 0 fully saturated rings. The number of anilines is 1. The summed E-state index contributed by atoms with van der Waals surface area (Å²) >= 11 is 0. The highest BCUT2D eigenvalue weighted by Crippen LogP contribution is 2.18. The molecule has 2 rings (SSSR count). The van der Waals surface area contributed by atoms with Gasteiger partial charge in [0, 0.05) is 11.6 Å². The van der Waals surface area contributed by atoms with E-state index in [-0.39, 0.29) is 5.78 Å². The van der Waals surface area contributed by atoms with Gasteiger partial charge in [-0.3, -0.25) is 9.59 Å². The number of benzene rings is 1. The van der Waals surface area contributed by atoms with Crippen LogP contribution in [0.25, 0.3) is 6.08 Å². The second-order valence-corrected chi connectivity index (χ2v) is 5.03. The summed E-state index contributed by atoms with van der Waals surface area (Å²) in [5.74, 6) is -0.306. The SMILES string of the molecule is COC(=O)c1cc(/C=C/C(=O)Nc2ccccc2C(C)=O)oc1C. The van der Waals surface area contributed by atoms with Gasteiger partial charge in [0.15, 0.2) is 5.78 Å². The Morgan fingerprint density at radius 3 is 2.54 bits per heavy atom. The normalized spacial score (nSPS) is 10.6. The number of furan rings is 1. The molecule has 0 bridgehead atoms. The predicted octanol–water partition coefficient (Wildman–Crippen LogP) is 3.23. The van der Waals surface area contributed by atoms with Gasteiger partial charge in [0.05, 0.1) is 12.8 Å². The lowest BCUT2D eigenvalue weighted by Gasteiger charge is -2.06. The number of carbonyl (C=O) groups is 3. The topological polar surface area (TPSA) is 85.6 Å². The fourth-order valence-electron chi connectivity index (χ4n) is 2.13. The maximum Gasteiger partial charge on any atom is 0.341 e. The van der Waals surface area contributed by atoms with Crippen molar-refractivity contribution in [2.24, 2.45) is 0 Å². The van der Waals surface area contributed by atoms with Crippen LogP contribution in [0.1, 0.15) is 39.2 Å². The highest BCUT2D eigenvalue weighted by atomic mass is 16.5. The number of aryl methyl sites for hydroxylation is 1. The van der Waals surface area contributed by atoms with Gasteiger partial charge in [0.25, 0.3) is 0 Å². The molecule has 0 unspecified atom stereocenters. The number of rotatable bonds is 5. The Bertz CT molecular complexity index is 817. The molecular weight excluding hydrogens is 310 g/mol. The molecule has 1 heterocycles. The molecule has 0 spiro atoms. The maximum atomic E-state index is 12.0. The summed E-state index contributed by atoms with van der Waals surface area (Å²) in [4.78, 5) is 35.0. The number of esters is 1. The first-order chi connectivity index (χ1) is 11.4. The second-order valence-electron chi connectivity index (χ2n) is 5.03. The van der Waals surface area contributed by atoms with Crippen LogP contribution < -0.4 is 5.32 Å². The zero-order valence-corrected chi connectivity index (χ0v) is 13.6. The average molecular weight is 327 g/mol. The highest BCUT2D eigenvalue weighted by molar-refractivity contribution is 6.07. The molecule has 24 heavy (non-hydrogen) atoms. The Hall–Kier alpha value is -3.15. The molecule has 124 valence electrons. The van der Waals surface area contributed by atoms with Crippen molar-refractivity contribution >= 4 is 29.4 Å². The minimum Gasteiger partial charge on any atom is -0.465 e. The third kappa shape index (κ3) is 3.98. The van der Waals surface area contributed by atoms with Crippen LogP contribution in [0.15, 0.2) is 40.8 Å². The number of hydrogen-bond acceptors (Lipinski definition) is 5. The van der Waals surface area contributed by atoms with E-state index in [1.807, 2.05) is 0 Å². The molecule has 0 aliphatic heterocycles. The van der Waals surface area contributed by atoms with E-state index in [0.717, 1.165) is 0 Å². The first-order valence-electron chi connectivity index (χ1n) is 7.20. The van der Waals surface area contributed by atoms with Crippen molar-refractivity contribution in [2.75, 3.05) is 12.4 Å². The van der Waals surface area contributed by atoms with Crippen LogP contribution in [0, 0.1) is 6.92 Å². The van der Waals surface area contributed by atoms with Crippen molar-refractivity contribution in [3.8, 4) is 0 Å². The minimum atomic E-state index is -0.504. The third-order valence-corrected chi connectivity index (χ3v) is 3.31. The van der Waals surface area contributed by atoms with Gasteiger partial charge in [-0.1, -0.05) is 12.1 Å². The molecule has 0 atom stereocenters. The van der Waals surface area contributed by atoms with Crippen LogP contribution in [0.3, 0.4) is 0 Å². The van der Waals surface area contributed by atoms with Gasteiger partial charge in [-0.15, -0.1) is 0 Å². The lowest BCUT2D eigenvalue weighted by Crippen LogP contribution is -2.11. The number of carbonyl (C=O) groups excluding carboxylic acids is 3. The second kappa shape index (κ2) is 7.41. The van der Waals surface area contributed by atoms with E-state index in [1.54, 1.807) is 31.2 Å². The Morgan fingerprint density at radius 1 is 1.17 bits per heavy atom. The zero-order chi connectivity index (χ0) is 17.7. The molecule has 1 amide bonds. The van der Waals surface area contributed by atoms with Crippen molar-refractivity contribution in [1.29, 1.82) is 0 Å². The summed E-state index contributed by atoms with van der Waals surface area (Å²) < 4.78 is 10.0. The standard InChI is InChI=1S/C18H17NO5/c1-11(20)14-6-4-5-7-16(14)19-17(21)9-8-13-10-15(12(2)24-13)18(22)23-3/h4-10H,1-3H3,(H,19,21)/b9-8+. The number of methoxy groups -OCH3 is 1. The first-order valence-corrected chi connectivity index (χ1v) is 7.20. The Kier molecular flexibility index (Phi) is 5.31. The number of ketones is 1. The molecule has 1 aromatic heterocycles. The number of amides is 1. The molecule has 2 aromatic rings. The van der Waals surface area contributed by atoms with Crippen molar-refractivity contribution in [3.63, 3.8) is 0 Å². The van der Waals surface area contributed by atoms with E-state index in [9.17, 15) is 14.4 Å². The first kappa shape index (κ1) is 17.2. The van der Waals surface area contributed by atoms with E-state index < -0.39 is 11.9 Å². The van der Waals surface area contributed by atoms with Crippen LogP contribution in [0.4, 0.5) is 5.69 Å². The summed E-state index contributed by atoms with van der Waals surface area (Å²) in [5.41, 5.74) is 1.17. The lowest BCUT2D eigenvalue weighted by molar-refractivity contribution is -0.111. The quantitative estimate of drug-likeness (QED) is 0.518. The van der Waals surface area contributed by atoms with Crippen LogP contribution in [0.2, 0.25) is 0 Å². The number of hydrogen-bond donors (Lipinski definition) is 1. The van der Waals surface area contributed by atoms with Gasteiger partial charge < -0.3 is 14.5 Å². The van der Waals surface area contributed by atoms with Crippen LogP contribution in [-0.4, -0.2) is 24.8 Å². The molecule has 6 nitrogen and oxygen atoms in total. The number of ether oxygens (including phenoxy) is 1. The zero-order valence-electron chi connectivity index (χ0n) is 13.6. The molecule has 0 aliphatic carbocycles. The van der Waals surface area contributed by atoms with Gasteiger partial charge in [-0.2, -0.15) is 0 Å². The van der Waals surface area contributed by atoms with Crippen molar-refractivity contribution in [3.05, 3.63) is 59.1 Å². The monoisotopic (exact) mass is 327 g/mol. The van der Waals surface area contributed by atoms with Crippen LogP contribution >= 0.6 is 0 Å². The molecule has 1 aromatic carbocycles. The maximum absolute atomic E-state index is 12.0. The number of para-hydroxylation sites is 1. The van der Waals surface area contributed by atoms with E-state index in [2.05, 4.69) is 10.1 Å². The Balaban J connectivity index is 2.12. The van der Waals surface area contributed by atoms with Gasteiger partial charge in [-0.25, -0.2) is 4.79 Å². The van der Waals surface area contributed by atoms with Crippen LogP contribution in [-0.2, 0) is 9.53 Å². The van der Waals surface area contributed by atoms with Gasteiger partial charge in [0.2, 0.25) is 5.91 Å². The molecule has 6 heteroatoms. The average Bonchev–Trinajstić information content (AvgIpc) is 2.93. The summed E-state index contributed by atoms with van der Waals surface area (Å²) in [6, 6.07) is 8.23. The fourth-order valence-corrected chi connectivity index (χ4v) is 2.13. The summed E-state index contributed by atoms with van der Waals surface area (Å²) in [6.07, 6.45) is 2.70. The minimum absolute atomic E-state index is 0.140. The summed E-state index contributed by atoms with van der Waals surface area (Å²) in [5, 5.41) is 2.64. The fraction of sp³-hybridized carbons (Fsp3) is 0.167. The Labute approximate surface area is 139 Å². The van der Waals surface area contributed by atoms with Crippen molar-refractivity contribution < 1.29 is 23.5 Å². The molecule has 0 aliphatic rings. The van der Waals surface area contributed by atoms with Crippen LogP contribution in [0.5, 0.6) is 0 Å². The van der Waals surface area contributed by atoms with Crippen molar-refractivity contribution in [2.45, 2.75) is 13.8 Å². The Morgan fingerprint density at radius 2 is 1.88 bits per heavy atom. The molecule has 0 radical (unpaired) electrons. The molecule has 0 saturated heterocycles. The predicted molar refractivity (Wildman–Crippen MR) is 88.9 cm³/mol. The van der Waals surface area contributed by atoms with Crippen molar-refractivity contribution in [1.82, 2.24) is 0 Å². The summed E-state index contributed by atoms with van der Waals surface area (Å²) in [7, 11) is 1.28. The van der Waals surface area contributed by atoms with E-state index in [0.29, 0.717) is 28.3 Å². The van der Waals surface area contributed by atoms with Gasteiger partial charge in [0.1, 0.15) is 17.1 Å². The smallest absolute Gasteiger partial charge is 0.341 e. The number of Topliss-reactive ketones (excluding diaryl/α,β-unsaturated/α-hetero) is 1. The molecular formula is C18H17NO5. The summed E-state index contributed by atoms with van der Waals surface area (Å²) in [6.45, 7) is 3.06. The largest absolute Gasteiger partial charge is 0.465 e. The third-order valence-electron chi connectivity index (χ3n) is 3.31. The van der Waals surface area contributed by atoms with E-state index in [1.165, 1.54) is 32.3 Å². The van der Waals surface area contributed by atoms with Gasteiger partial charge in [-0.05, 0) is 38.1 Å².